The second kappa shape index (κ2) is 9.84. The van der Waals surface area contributed by atoms with E-state index in [-0.39, 0.29) is 35.0 Å². The van der Waals surface area contributed by atoms with E-state index in [1.807, 2.05) is 60.7 Å². The third kappa shape index (κ3) is 4.28. The van der Waals surface area contributed by atoms with Crippen LogP contribution in [0.25, 0.3) is 0 Å². The molecule has 0 unspecified atom stereocenters. The van der Waals surface area contributed by atoms with Crippen molar-refractivity contribution in [2.24, 2.45) is 40.4 Å². The van der Waals surface area contributed by atoms with Gasteiger partial charge in [-0.25, -0.2) is 9.59 Å². The van der Waals surface area contributed by atoms with Crippen molar-refractivity contribution in [1.29, 1.82) is 0 Å². The smallest absolute Gasteiger partial charge is 0.338 e. The zero-order valence-electron chi connectivity index (χ0n) is 23.1. The van der Waals surface area contributed by atoms with E-state index in [2.05, 4.69) is 20.8 Å². The third-order valence-electron chi connectivity index (χ3n) is 11.4. The first kappa shape index (κ1) is 25.6. The van der Waals surface area contributed by atoms with E-state index in [0.29, 0.717) is 40.7 Å². The molecule has 4 fully saturated rings. The Morgan fingerprint density at radius 3 is 2.00 bits per heavy atom. The van der Waals surface area contributed by atoms with Crippen LogP contribution in [0.1, 0.15) is 92.9 Å². The van der Waals surface area contributed by atoms with Crippen LogP contribution >= 0.6 is 0 Å². The highest BCUT2D eigenvalue weighted by molar-refractivity contribution is 5.90. The van der Waals surface area contributed by atoms with Crippen molar-refractivity contribution in [1.82, 2.24) is 0 Å². The predicted octanol–water partition coefficient (Wildman–Crippen LogP) is 7.73. The molecule has 38 heavy (non-hydrogen) atoms. The molecule has 0 radical (unpaired) electrons. The average Bonchev–Trinajstić information content (AvgIpc) is 3.26. The molecule has 4 aliphatic rings. The van der Waals surface area contributed by atoms with E-state index in [0.717, 1.165) is 32.1 Å². The minimum atomic E-state index is -0.185. The first-order chi connectivity index (χ1) is 18.3. The van der Waals surface area contributed by atoms with Crippen LogP contribution in [-0.4, -0.2) is 24.1 Å². The molecule has 0 N–H and O–H groups in total. The molecule has 4 aliphatic carbocycles. The Morgan fingerprint density at radius 1 is 0.737 bits per heavy atom. The molecular weight excluding hydrogens is 472 g/mol. The number of esters is 2. The standard InChI is InChI=1S/C34H42O4/c1-22-21-34(3)25(20-29(22)37-31(35)23-10-6-4-7-11-23)14-15-26-27-16-17-30(33(27,2)19-18-28(26)34)38-32(36)24-12-8-5-9-13-24/h4-13,22,25-30H,14-21H2,1-3H3/t22-,25-,26+,27-,28-,29+,30-,33+,34+/m0/s1. The quantitative estimate of drug-likeness (QED) is 0.392. The van der Waals surface area contributed by atoms with Crippen molar-refractivity contribution in [3.63, 3.8) is 0 Å². The fraction of sp³-hybridized carbons (Fsp3) is 0.588. The molecule has 4 saturated carbocycles. The second-order valence-electron chi connectivity index (χ2n) is 13.3. The van der Waals surface area contributed by atoms with Gasteiger partial charge in [-0.3, -0.25) is 0 Å². The molecule has 9 atom stereocenters. The van der Waals surface area contributed by atoms with E-state index in [1.165, 1.54) is 19.3 Å². The Labute approximate surface area is 227 Å². The summed E-state index contributed by atoms with van der Waals surface area (Å²) in [5, 5.41) is 0. The first-order valence-corrected chi connectivity index (χ1v) is 14.8. The zero-order chi connectivity index (χ0) is 26.5. The maximum Gasteiger partial charge on any atom is 0.338 e. The van der Waals surface area contributed by atoms with E-state index in [9.17, 15) is 9.59 Å². The van der Waals surface area contributed by atoms with Crippen molar-refractivity contribution >= 4 is 11.9 Å². The lowest BCUT2D eigenvalue weighted by atomic mass is 9.44. The van der Waals surface area contributed by atoms with Crippen molar-refractivity contribution in [3.05, 3.63) is 71.8 Å². The Morgan fingerprint density at radius 2 is 1.34 bits per heavy atom. The van der Waals surface area contributed by atoms with Crippen LogP contribution in [0.4, 0.5) is 0 Å². The van der Waals surface area contributed by atoms with Gasteiger partial charge >= 0.3 is 11.9 Å². The number of benzene rings is 2. The van der Waals surface area contributed by atoms with Crippen LogP contribution in [-0.2, 0) is 9.47 Å². The van der Waals surface area contributed by atoms with E-state index >= 15 is 0 Å². The van der Waals surface area contributed by atoms with Gasteiger partial charge in [0.1, 0.15) is 12.2 Å². The minimum Gasteiger partial charge on any atom is -0.458 e. The van der Waals surface area contributed by atoms with Crippen molar-refractivity contribution in [3.8, 4) is 0 Å². The average molecular weight is 515 g/mol. The molecule has 2 aromatic carbocycles. The Balaban J connectivity index is 1.14. The van der Waals surface area contributed by atoms with Crippen LogP contribution in [0, 0.1) is 40.4 Å². The molecule has 202 valence electrons. The van der Waals surface area contributed by atoms with Gasteiger partial charge in [0.2, 0.25) is 0 Å². The number of hydrogen-bond donors (Lipinski definition) is 0. The first-order valence-electron chi connectivity index (χ1n) is 14.8. The van der Waals surface area contributed by atoms with Gasteiger partial charge in [-0.05, 0) is 111 Å². The van der Waals surface area contributed by atoms with Crippen molar-refractivity contribution < 1.29 is 19.1 Å². The third-order valence-corrected chi connectivity index (χ3v) is 11.4. The predicted molar refractivity (Wildman–Crippen MR) is 148 cm³/mol. The van der Waals surface area contributed by atoms with Gasteiger partial charge < -0.3 is 9.47 Å². The maximum atomic E-state index is 12.9. The topological polar surface area (TPSA) is 52.6 Å². The van der Waals surface area contributed by atoms with Gasteiger partial charge in [0.25, 0.3) is 0 Å². The lowest BCUT2D eigenvalue weighted by Gasteiger charge is -2.61. The highest BCUT2D eigenvalue weighted by Crippen LogP contribution is 2.67. The Kier molecular flexibility index (Phi) is 6.64. The molecule has 2 aromatic rings. The van der Waals surface area contributed by atoms with Crippen molar-refractivity contribution in [2.75, 3.05) is 0 Å². The summed E-state index contributed by atoms with van der Waals surface area (Å²) in [5.74, 6) is 2.63. The number of carbonyl (C=O) groups is 2. The molecule has 0 aromatic heterocycles. The minimum absolute atomic E-state index is 0.000512. The van der Waals surface area contributed by atoms with Crippen LogP contribution in [0.3, 0.4) is 0 Å². The Bertz CT molecular complexity index is 1160. The fourth-order valence-electron chi connectivity index (χ4n) is 9.44. The normalized spacial score (nSPS) is 39.8. The summed E-state index contributed by atoms with van der Waals surface area (Å²) in [6, 6.07) is 18.8. The van der Waals surface area contributed by atoms with Crippen molar-refractivity contribution in [2.45, 2.75) is 84.3 Å². The molecule has 0 spiro atoms. The zero-order valence-corrected chi connectivity index (χ0v) is 23.1. The Hall–Kier alpha value is -2.62. The fourth-order valence-corrected chi connectivity index (χ4v) is 9.44. The van der Waals surface area contributed by atoms with Gasteiger partial charge in [-0.1, -0.05) is 57.2 Å². The summed E-state index contributed by atoms with van der Waals surface area (Å²) in [5.41, 5.74) is 1.66. The molecule has 0 bridgehead atoms. The van der Waals surface area contributed by atoms with Gasteiger partial charge in [0, 0.05) is 5.41 Å². The molecular formula is C34H42O4. The number of hydrogen-bond acceptors (Lipinski definition) is 4. The van der Waals surface area contributed by atoms with Gasteiger partial charge in [0.05, 0.1) is 11.1 Å². The summed E-state index contributed by atoms with van der Waals surface area (Å²) < 4.78 is 12.3. The van der Waals surface area contributed by atoms with Gasteiger partial charge in [-0.15, -0.1) is 0 Å². The molecule has 0 aliphatic heterocycles. The number of carbonyl (C=O) groups excluding carboxylic acids is 2. The molecule has 4 nitrogen and oxygen atoms in total. The highest BCUT2D eigenvalue weighted by Gasteiger charge is 2.62. The molecule has 0 saturated heterocycles. The molecule has 4 heteroatoms. The van der Waals surface area contributed by atoms with Crippen LogP contribution in [0.2, 0.25) is 0 Å². The summed E-state index contributed by atoms with van der Waals surface area (Å²) >= 11 is 0. The van der Waals surface area contributed by atoms with E-state index < -0.39 is 0 Å². The van der Waals surface area contributed by atoms with E-state index in [1.54, 1.807) is 0 Å². The van der Waals surface area contributed by atoms with E-state index in [4.69, 9.17) is 9.47 Å². The number of fused-ring (bicyclic) bond motifs is 5. The summed E-state index contributed by atoms with van der Waals surface area (Å²) in [6.07, 6.45) is 9.08. The lowest BCUT2D eigenvalue weighted by Crippen LogP contribution is -2.56. The highest BCUT2D eigenvalue weighted by atomic mass is 16.5. The number of ether oxygens (including phenoxy) is 2. The van der Waals surface area contributed by atoms with Crippen LogP contribution in [0.15, 0.2) is 60.7 Å². The number of rotatable bonds is 4. The second-order valence-corrected chi connectivity index (χ2v) is 13.3. The molecule has 0 amide bonds. The summed E-state index contributed by atoms with van der Waals surface area (Å²) in [4.78, 5) is 25.7. The lowest BCUT2D eigenvalue weighted by molar-refractivity contribution is -0.147. The van der Waals surface area contributed by atoms with Gasteiger partial charge in [0.15, 0.2) is 0 Å². The molecule has 0 heterocycles. The van der Waals surface area contributed by atoms with Crippen LogP contribution in [0.5, 0.6) is 0 Å². The summed E-state index contributed by atoms with van der Waals surface area (Å²) in [7, 11) is 0. The van der Waals surface area contributed by atoms with Crippen LogP contribution < -0.4 is 0 Å². The largest absolute Gasteiger partial charge is 0.458 e. The van der Waals surface area contributed by atoms with Gasteiger partial charge in [-0.2, -0.15) is 0 Å². The monoisotopic (exact) mass is 514 g/mol. The molecule has 6 rings (SSSR count). The SMILES string of the molecule is C[C@H]1C[C@]2(C)[C@@H](CC[C@@H]3[C@@H]4CC[C@H](OC(=O)c5ccccc5)[C@]4(C)CC[C@@H]32)C[C@H]1OC(=O)c1ccccc1. The summed E-state index contributed by atoms with van der Waals surface area (Å²) in [6.45, 7) is 7.24. The maximum absolute atomic E-state index is 12.9.